The van der Waals surface area contributed by atoms with Crippen molar-refractivity contribution in [3.05, 3.63) is 53.6 Å². The van der Waals surface area contributed by atoms with Gasteiger partial charge >= 0.3 is 5.97 Å². The van der Waals surface area contributed by atoms with Gasteiger partial charge in [-0.2, -0.15) is 0 Å². The SMILES string of the molecule is Cc1ccc(OC(=O)CCN2C(=O)CSc3ccccc32)c(C)c1. The van der Waals surface area contributed by atoms with Gasteiger partial charge < -0.3 is 9.64 Å². The summed E-state index contributed by atoms with van der Waals surface area (Å²) in [6.07, 6.45) is 0.165. The Morgan fingerprint density at radius 1 is 1.21 bits per heavy atom. The molecular formula is C19H19NO3S. The fraction of sp³-hybridized carbons (Fsp3) is 0.263. The van der Waals surface area contributed by atoms with Crippen molar-refractivity contribution in [1.82, 2.24) is 0 Å². The number of carbonyl (C=O) groups excluding carboxylic acids is 2. The van der Waals surface area contributed by atoms with E-state index in [1.54, 1.807) is 11.0 Å². The Kier molecular flexibility index (Phi) is 4.90. The molecule has 0 aliphatic carbocycles. The van der Waals surface area contributed by atoms with Crippen LogP contribution < -0.4 is 9.64 Å². The minimum Gasteiger partial charge on any atom is -0.426 e. The normalized spacial score (nSPS) is 13.6. The van der Waals surface area contributed by atoms with Gasteiger partial charge in [0.25, 0.3) is 0 Å². The fourth-order valence-corrected chi connectivity index (χ4v) is 3.63. The zero-order chi connectivity index (χ0) is 17.1. The minimum absolute atomic E-state index is 0.0259. The lowest BCUT2D eigenvalue weighted by molar-refractivity contribution is -0.134. The highest BCUT2D eigenvalue weighted by molar-refractivity contribution is 8.00. The molecule has 0 saturated carbocycles. The Labute approximate surface area is 145 Å². The number of ether oxygens (including phenoxy) is 1. The number of para-hydroxylation sites is 1. The molecule has 0 radical (unpaired) electrons. The molecule has 1 amide bonds. The number of anilines is 1. The van der Waals surface area contributed by atoms with Crippen LogP contribution >= 0.6 is 11.8 Å². The second-order valence-corrected chi connectivity index (χ2v) is 6.81. The maximum absolute atomic E-state index is 12.2. The Hall–Kier alpha value is -2.27. The summed E-state index contributed by atoms with van der Waals surface area (Å²) in [5.41, 5.74) is 2.93. The summed E-state index contributed by atoms with van der Waals surface area (Å²) in [5, 5.41) is 0. The number of hydrogen-bond acceptors (Lipinski definition) is 4. The molecule has 0 aromatic heterocycles. The summed E-state index contributed by atoms with van der Waals surface area (Å²) in [6.45, 7) is 4.24. The summed E-state index contributed by atoms with van der Waals surface area (Å²) in [4.78, 5) is 27.1. The Balaban J connectivity index is 1.65. The number of hydrogen-bond donors (Lipinski definition) is 0. The van der Waals surface area contributed by atoms with E-state index in [0.29, 0.717) is 18.0 Å². The summed E-state index contributed by atoms with van der Waals surface area (Å²) in [6, 6.07) is 13.5. The molecule has 2 aromatic rings. The van der Waals surface area contributed by atoms with Crippen molar-refractivity contribution in [3.63, 3.8) is 0 Å². The van der Waals surface area contributed by atoms with Crippen LogP contribution in [0.15, 0.2) is 47.4 Å². The van der Waals surface area contributed by atoms with Crippen LogP contribution in [0.3, 0.4) is 0 Å². The van der Waals surface area contributed by atoms with Crippen molar-refractivity contribution in [3.8, 4) is 5.75 Å². The van der Waals surface area contributed by atoms with Gasteiger partial charge in [0.2, 0.25) is 5.91 Å². The number of nitrogens with zero attached hydrogens (tertiary/aromatic N) is 1. The predicted molar refractivity (Wildman–Crippen MR) is 95.7 cm³/mol. The number of carbonyl (C=O) groups is 2. The summed E-state index contributed by atoms with van der Waals surface area (Å²) >= 11 is 1.53. The predicted octanol–water partition coefficient (Wildman–Crippen LogP) is 3.74. The molecule has 5 heteroatoms. The summed E-state index contributed by atoms with van der Waals surface area (Å²) in [5.74, 6) is 0.679. The quantitative estimate of drug-likeness (QED) is 0.628. The molecule has 3 rings (SSSR count). The zero-order valence-electron chi connectivity index (χ0n) is 13.7. The first-order chi connectivity index (χ1) is 11.5. The average molecular weight is 341 g/mol. The summed E-state index contributed by atoms with van der Waals surface area (Å²) in [7, 11) is 0. The molecule has 24 heavy (non-hydrogen) atoms. The van der Waals surface area contributed by atoms with Crippen molar-refractivity contribution in [2.24, 2.45) is 0 Å². The molecule has 2 aromatic carbocycles. The highest BCUT2D eigenvalue weighted by Crippen LogP contribution is 2.34. The first kappa shape index (κ1) is 16.6. The summed E-state index contributed by atoms with van der Waals surface area (Å²) < 4.78 is 5.43. The van der Waals surface area contributed by atoms with Gasteiger partial charge in [-0.25, -0.2) is 0 Å². The van der Waals surface area contributed by atoms with Gasteiger partial charge in [-0.3, -0.25) is 9.59 Å². The number of fused-ring (bicyclic) bond motifs is 1. The number of rotatable bonds is 4. The van der Waals surface area contributed by atoms with Crippen LogP contribution in [0.1, 0.15) is 17.5 Å². The van der Waals surface area contributed by atoms with E-state index in [9.17, 15) is 9.59 Å². The molecule has 0 saturated heterocycles. The van der Waals surface area contributed by atoms with Crippen LogP contribution in [-0.4, -0.2) is 24.2 Å². The largest absolute Gasteiger partial charge is 0.426 e. The number of aryl methyl sites for hydroxylation is 2. The van der Waals surface area contributed by atoms with Crippen LogP contribution in [0, 0.1) is 13.8 Å². The highest BCUT2D eigenvalue weighted by Gasteiger charge is 2.25. The van der Waals surface area contributed by atoms with Crippen molar-refractivity contribution >= 4 is 29.3 Å². The molecule has 0 unspecified atom stereocenters. The van der Waals surface area contributed by atoms with Gasteiger partial charge in [-0.05, 0) is 37.6 Å². The van der Waals surface area contributed by atoms with E-state index >= 15 is 0 Å². The second-order valence-electron chi connectivity index (χ2n) is 5.79. The van der Waals surface area contributed by atoms with Crippen molar-refractivity contribution in [1.29, 1.82) is 0 Å². The molecule has 0 spiro atoms. The number of thioether (sulfide) groups is 1. The third kappa shape index (κ3) is 3.62. The van der Waals surface area contributed by atoms with Crippen molar-refractivity contribution in [2.45, 2.75) is 25.2 Å². The highest BCUT2D eigenvalue weighted by atomic mass is 32.2. The molecule has 1 aliphatic heterocycles. The standard InChI is InChI=1S/C19H19NO3S/c1-13-7-8-16(14(2)11-13)23-19(22)9-10-20-15-5-3-4-6-17(15)24-12-18(20)21/h3-8,11H,9-10,12H2,1-2H3. The molecular weight excluding hydrogens is 322 g/mol. The van der Waals surface area contributed by atoms with Crippen LogP contribution in [0.25, 0.3) is 0 Å². The lowest BCUT2D eigenvalue weighted by Gasteiger charge is -2.28. The van der Waals surface area contributed by atoms with Gasteiger partial charge in [0.05, 0.1) is 17.9 Å². The third-order valence-corrected chi connectivity index (χ3v) is 4.95. The van der Waals surface area contributed by atoms with Crippen molar-refractivity contribution < 1.29 is 14.3 Å². The van der Waals surface area contributed by atoms with E-state index in [4.69, 9.17) is 4.74 Å². The van der Waals surface area contributed by atoms with E-state index in [-0.39, 0.29) is 18.3 Å². The van der Waals surface area contributed by atoms with Gasteiger partial charge in [0.15, 0.2) is 0 Å². The van der Waals surface area contributed by atoms with Crippen LogP contribution in [0.5, 0.6) is 5.75 Å². The van der Waals surface area contributed by atoms with E-state index in [2.05, 4.69) is 0 Å². The smallest absolute Gasteiger partial charge is 0.313 e. The zero-order valence-corrected chi connectivity index (χ0v) is 14.6. The molecule has 124 valence electrons. The van der Waals surface area contributed by atoms with Crippen LogP contribution in [0.2, 0.25) is 0 Å². The van der Waals surface area contributed by atoms with E-state index in [1.165, 1.54) is 11.8 Å². The third-order valence-electron chi connectivity index (χ3n) is 3.90. The van der Waals surface area contributed by atoms with Gasteiger partial charge in [0, 0.05) is 11.4 Å². The first-order valence-electron chi connectivity index (χ1n) is 7.85. The van der Waals surface area contributed by atoms with E-state index in [1.807, 2.05) is 50.2 Å². The minimum atomic E-state index is -0.328. The number of amides is 1. The Morgan fingerprint density at radius 3 is 2.79 bits per heavy atom. The molecule has 1 heterocycles. The number of benzene rings is 2. The van der Waals surface area contributed by atoms with Crippen LogP contribution in [0.4, 0.5) is 5.69 Å². The second kappa shape index (κ2) is 7.09. The van der Waals surface area contributed by atoms with Crippen molar-refractivity contribution in [2.75, 3.05) is 17.2 Å². The van der Waals surface area contributed by atoms with Gasteiger partial charge in [0.1, 0.15) is 5.75 Å². The maximum Gasteiger partial charge on any atom is 0.313 e. The first-order valence-corrected chi connectivity index (χ1v) is 8.83. The average Bonchev–Trinajstić information content (AvgIpc) is 2.56. The Morgan fingerprint density at radius 2 is 2.00 bits per heavy atom. The maximum atomic E-state index is 12.2. The molecule has 1 aliphatic rings. The number of esters is 1. The van der Waals surface area contributed by atoms with Crippen LogP contribution in [-0.2, 0) is 9.59 Å². The molecule has 4 nitrogen and oxygen atoms in total. The lowest BCUT2D eigenvalue weighted by Crippen LogP contribution is -2.37. The van der Waals surface area contributed by atoms with E-state index in [0.717, 1.165) is 21.7 Å². The molecule has 0 bridgehead atoms. The lowest BCUT2D eigenvalue weighted by atomic mass is 10.1. The fourth-order valence-electron chi connectivity index (χ4n) is 2.69. The molecule has 0 atom stereocenters. The van der Waals surface area contributed by atoms with Gasteiger partial charge in [-0.15, -0.1) is 11.8 Å². The molecule has 0 fully saturated rings. The van der Waals surface area contributed by atoms with E-state index < -0.39 is 0 Å². The topological polar surface area (TPSA) is 46.6 Å². The monoisotopic (exact) mass is 341 g/mol. The Bertz CT molecular complexity index is 788. The van der Waals surface area contributed by atoms with Gasteiger partial charge in [-0.1, -0.05) is 29.8 Å². The molecule has 0 N–H and O–H groups in total.